The number of nitrogens with two attached hydrogens (primary N) is 1. The van der Waals surface area contributed by atoms with Crippen molar-refractivity contribution >= 4 is 15.7 Å². The van der Waals surface area contributed by atoms with Gasteiger partial charge in [0.05, 0.1) is 24.2 Å². The van der Waals surface area contributed by atoms with Gasteiger partial charge < -0.3 is 10.5 Å². The molecule has 8 nitrogen and oxygen atoms in total. The Morgan fingerprint density at radius 1 is 1.45 bits per heavy atom. The number of aryl methyl sites for hydroxylation is 1. The minimum Gasteiger partial charge on any atom is -0.495 e. The van der Waals surface area contributed by atoms with Gasteiger partial charge in [-0.3, -0.25) is 4.68 Å². The molecule has 0 radical (unpaired) electrons. The number of aromatic nitrogens is 3. The number of nitrogens with zero attached hydrogens (tertiary/aromatic N) is 3. The average Bonchev–Trinajstić information content (AvgIpc) is 2.83. The quantitative estimate of drug-likeness (QED) is 0.744. The summed E-state index contributed by atoms with van der Waals surface area (Å²) in [5.74, 6) is 0.697. The lowest BCUT2D eigenvalue weighted by Crippen LogP contribution is -2.24. The number of ether oxygens (including phenoxy) is 1. The highest BCUT2D eigenvalue weighted by Gasteiger charge is 2.16. The average molecular weight is 297 g/mol. The van der Waals surface area contributed by atoms with Crippen LogP contribution in [0.25, 0.3) is 0 Å². The van der Waals surface area contributed by atoms with Crippen molar-refractivity contribution in [3.05, 3.63) is 30.4 Å². The van der Waals surface area contributed by atoms with Crippen LogP contribution < -0.4 is 15.2 Å². The van der Waals surface area contributed by atoms with Gasteiger partial charge in [0.25, 0.3) is 0 Å². The highest BCUT2D eigenvalue weighted by molar-refractivity contribution is 7.89. The lowest BCUT2D eigenvalue weighted by atomic mass is 10.3. The molecule has 0 amide bonds. The standard InChI is InChI=1S/C11H15N5O3S/c1-16-7-13-11(15-16)6-14-20(17,18)8-3-4-9(12)10(5-8)19-2/h3-5,7,14H,6,12H2,1-2H3. The molecule has 20 heavy (non-hydrogen) atoms. The molecule has 0 fully saturated rings. The van der Waals surface area contributed by atoms with E-state index in [9.17, 15) is 8.42 Å². The van der Waals surface area contributed by atoms with Crippen LogP contribution in [0.2, 0.25) is 0 Å². The van der Waals surface area contributed by atoms with Crippen LogP contribution in [0.5, 0.6) is 5.75 Å². The van der Waals surface area contributed by atoms with Crippen molar-refractivity contribution < 1.29 is 13.2 Å². The van der Waals surface area contributed by atoms with Crippen molar-refractivity contribution in [1.82, 2.24) is 19.5 Å². The van der Waals surface area contributed by atoms with Gasteiger partial charge in [0.2, 0.25) is 10.0 Å². The van der Waals surface area contributed by atoms with Gasteiger partial charge in [-0.2, -0.15) is 5.10 Å². The summed E-state index contributed by atoms with van der Waals surface area (Å²) in [4.78, 5) is 4.01. The minimum absolute atomic E-state index is 0.00979. The molecule has 108 valence electrons. The first-order valence-corrected chi connectivity index (χ1v) is 7.18. The fourth-order valence-electron chi connectivity index (χ4n) is 1.57. The maximum Gasteiger partial charge on any atom is 0.241 e. The Balaban J connectivity index is 2.17. The number of sulfonamides is 1. The zero-order chi connectivity index (χ0) is 14.8. The van der Waals surface area contributed by atoms with Gasteiger partial charge in [-0.15, -0.1) is 0 Å². The Kier molecular flexibility index (Phi) is 3.91. The third-order valence-corrected chi connectivity index (χ3v) is 3.98. The van der Waals surface area contributed by atoms with Crippen LogP contribution in [0, 0.1) is 0 Å². The molecule has 2 rings (SSSR count). The highest BCUT2D eigenvalue weighted by atomic mass is 32.2. The largest absolute Gasteiger partial charge is 0.495 e. The summed E-state index contributed by atoms with van der Waals surface area (Å²) in [5.41, 5.74) is 6.02. The molecule has 0 aliphatic rings. The number of methoxy groups -OCH3 is 1. The lowest BCUT2D eigenvalue weighted by molar-refractivity contribution is 0.415. The van der Waals surface area contributed by atoms with Crippen LogP contribution in [0.4, 0.5) is 5.69 Å². The molecular weight excluding hydrogens is 282 g/mol. The van der Waals surface area contributed by atoms with Crippen LogP contribution in [-0.4, -0.2) is 30.3 Å². The van der Waals surface area contributed by atoms with Gasteiger partial charge in [-0.05, 0) is 12.1 Å². The second kappa shape index (κ2) is 5.47. The van der Waals surface area contributed by atoms with Crippen molar-refractivity contribution in [3.63, 3.8) is 0 Å². The molecule has 0 unspecified atom stereocenters. The van der Waals surface area contributed by atoms with E-state index in [0.717, 1.165) is 0 Å². The van der Waals surface area contributed by atoms with E-state index in [1.54, 1.807) is 7.05 Å². The highest BCUT2D eigenvalue weighted by Crippen LogP contribution is 2.24. The van der Waals surface area contributed by atoms with Crippen molar-refractivity contribution in [3.8, 4) is 5.75 Å². The number of hydrogen-bond acceptors (Lipinski definition) is 6. The molecule has 3 N–H and O–H groups in total. The summed E-state index contributed by atoms with van der Waals surface area (Å²) in [6, 6.07) is 4.25. The molecule has 1 aromatic heterocycles. The second-order valence-electron chi connectivity index (χ2n) is 4.06. The molecule has 1 heterocycles. The van der Waals surface area contributed by atoms with Crippen molar-refractivity contribution in [2.45, 2.75) is 11.4 Å². The van der Waals surface area contributed by atoms with Gasteiger partial charge in [-0.1, -0.05) is 0 Å². The van der Waals surface area contributed by atoms with E-state index >= 15 is 0 Å². The van der Waals surface area contributed by atoms with E-state index in [1.165, 1.54) is 36.3 Å². The predicted octanol–water partition coefficient (Wildman–Crippen LogP) is -0.116. The SMILES string of the molecule is COc1cc(S(=O)(=O)NCc2ncn(C)n2)ccc1N. The Morgan fingerprint density at radius 3 is 2.80 bits per heavy atom. The summed E-state index contributed by atoms with van der Waals surface area (Å²) in [6.45, 7) is 0.00979. The maximum atomic E-state index is 12.1. The van der Waals surface area contributed by atoms with Crippen LogP contribution in [0.15, 0.2) is 29.4 Å². The summed E-state index contributed by atoms with van der Waals surface area (Å²) in [5, 5.41) is 3.99. The molecular formula is C11H15N5O3S. The molecule has 0 saturated carbocycles. The molecule has 0 saturated heterocycles. The van der Waals surface area contributed by atoms with E-state index in [1.807, 2.05) is 0 Å². The van der Waals surface area contributed by atoms with Crippen LogP contribution in [-0.2, 0) is 23.6 Å². The zero-order valence-electron chi connectivity index (χ0n) is 11.1. The molecule has 1 aromatic carbocycles. The zero-order valence-corrected chi connectivity index (χ0v) is 11.9. The summed E-state index contributed by atoms with van der Waals surface area (Å²) < 4.78 is 33.2. The fourth-order valence-corrected chi connectivity index (χ4v) is 2.56. The van der Waals surface area contributed by atoms with Gasteiger partial charge in [-0.25, -0.2) is 18.1 Å². The van der Waals surface area contributed by atoms with Crippen molar-refractivity contribution in [2.24, 2.45) is 7.05 Å². The molecule has 2 aromatic rings. The molecule has 0 bridgehead atoms. The van der Waals surface area contributed by atoms with Gasteiger partial charge in [0.15, 0.2) is 5.82 Å². The number of hydrogen-bond donors (Lipinski definition) is 2. The van der Waals surface area contributed by atoms with E-state index < -0.39 is 10.0 Å². The lowest BCUT2D eigenvalue weighted by Gasteiger charge is -2.08. The normalized spacial score (nSPS) is 11.5. The molecule has 0 atom stereocenters. The third-order valence-electron chi connectivity index (χ3n) is 2.58. The minimum atomic E-state index is -3.67. The maximum absolute atomic E-state index is 12.1. The van der Waals surface area contributed by atoms with Gasteiger partial charge >= 0.3 is 0 Å². The Bertz CT molecular complexity index is 711. The summed E-state index contributed by atoms with van der Waals surface area (Å²) >= 11 is 0. The number of nitrogen functional groups attached to an aromatic ring is 1. The van der Waals surface area contributed by atoms with Crippen LogP contribution in [0.1, 0.15) is 5.82 Å². The predicted molar refractivity (Wildman–Crippen MR) is 72.4 cm³/mol. The monoisotopic (exact) mass is 297 g/mol. The molecule has 0 spiro atoms. The smallest absolute Gasteiger partial charge is 0.241 e. The van der Waals surface area contributed by atoms with E-state index in [2.05, 4.69) is 14.8 Å². The number of benzene rings is 1. The number of anilines is 1. The van der Waals surface area contributed by atoms with Crippen molar-refractivity contribution in [2.75, 3.05) is 12.8 Å². The number of nitrogens with one attached hydrogen (secondary N) is 1. The number of rotatable bonds is 5. The van der Waals surface area contributed by atoms with Crippen LogP contribution >= 0.6 is 0 Å². The molecule has 0 aliphatic heterocycles. The summed E-state index contributed by atoms with van der Waals surface area (Å²) in [6.07, 6.45) is 1.50. The van der Waals surface area contributed by atoms with Gasteiger partial charge in [0, 0.05) is 13.1 Å². The Labute approximate surface area is 116 Å². The first-order chi connectivity index (χ1) is 9.42. The van der Waals surface area contributed by atoms with E-state index in [0.29, 0.717) is 17.3 Å². The van der Waals surface area contributed by atoms with Gasteiger partial charge in [0.1, 0.15) is 12.1 Å². The molecule has 9 heteroatoms. The fraction of sp³-hybridized carbons (Fsp3) is 0.273. The third kappa shape index (κ3) is 3.06. The van der Waals surface area contributed by atoms with Crippen molar-refractivity contribution in [1.29, 1.82) is 0 Å². The summed E-state index contributed by atoms with van der Waals surface area (Å²) in [7, 11) is -0.545. The Morgan fingerprint density at radius 2 is 2.20 bits per heavy atom. The topological polar surface area (TPSA) is 112 Å². The first kappa shape index (κ1) is 14.3. The first-order valence-electron chi connectivity index (χ1n) is 5.70. The second-order valence-corrected chi connectivity index (χ2v) is 5.83. The van der Waals surface area contributed by atoms with Crippen LogP contribution in [0.3, 0.4) is 0 Å². The Hall–Kier alpha value is -2.13. The molecule has 0 aliphatic carbocycles. The van der Waals surface area contributed by atoms with E-state index in [-0.39, 0.29) is 11.4 Å². The van der Waals surface area contributed by atoms with E-state index in [4.69, 9.17) is 10.5 Å².